The molecule has 0 aliphatic heterocycles. The number of halogens is 1. The van der Waals surface area contributed by atoms with Gasteiger partial charge in [0.15, 0.2) is 0 Å². The lowest BCUT2D eigenvalue weighted by Crippen LogP contribution is -2.32. The van der Waals surface area contributed by atoms with Crippen LogP contribution in [0.25, 0.3) is 0 Å². The van der Waals surface area contributed by atoms with E-state index in [0.29, 0.717) is 12.3 Å². The lowest BCUT2D eigenvalue weighted by molar-refractivity contribution is 0.0766. The minimum Gasteiger partial charge on any atom is -0.492 e. The number of amides is 1. The lowest BCUT2D eigenvalue weighted by atomic mass is 10.3. The molecule has 1 aromatic carbocycles. The molecule has 1 aromatic heterocycles. The van der Waals surface area contributed by atoms with Gasteiger partial charge in [-0.25, -0.2) is 9.49 Å². The molecule has 0 bridgehead atoms. The number of hydrogen-bond acceptors (Lipinski definition) is 4. The van der Waals surface area contributed by atoms with E-state index in [1.807, 2.05) is 0 Å². The number of aromatic amines is 1. The molecule has 0 spiro atoms. The van der Waals surface area contributed by atoms with E-state index in [4.69, 9.17) is 4.74 Å². The molecule has 2 rings (SSSR count). The van der Waals surface area contributed by atoms with Crippen LogP contribution in [0, 0.1) is 5.82 Å². The van der Waals surface area contributed by atoms with E-state index >= 15 is 0 Å². The zero-order valence-corrected chi connectivity index (χ0v) is 11.4. The van der Waals surface area contributed by atoms with Gasteiger partial charge in [-0.2, -0.15) is 5.10 Å². The molecule has 110 valence electrons. The van der Waals surface area contributed by atoms with E-state index in [2.05, 4.69) is 10.2 Å². The molecule has 0 saturated carbocycles. The summed E-state index contributed by atoms with van der Waals surface area (Å²) in [4.78, 5) is 24.3. The Morgan fingerprint density at radius 1 is 1.29 bits per heavy atom. The molecule has 0 aliphatic carbocycles. The molecular formula is C14H14FN3O3. The third-order valence-corrected chi connectivity index (χ3v) is 2.75. The highest BCUT2D eigenvalue weighted by Gasteiger charge is 2.13. The first-order chi connectivity index (χ1) is 10.1. The predicted octanol–water partition coefficient (Wildman–Crippen LogP) is 1.06. The number of carbonyl (C=O) groups excluding carboxylic acids is 1. The van der Waals surface area contributed by atoms with Gasteiger partial charge in [-0.05, 0) is 30.3 Å². The monoisotopic (exact) mass is 291 g/mol. The van der Waals surface area contributed by atoms with Crippen molar-refractivity contribution in [2.75, 3.05) is 20.2 Å². The summed E-state index contributed by atoms with van der Waals surface area (Å²) in [5, 5.41) is 5.87. The van der Waals surface area contributed by atoms with Gasteiger partial charge in [-0.1, -0.05) is 0 Å². The number of nitrogens with one attached hydrogen (secondary N) is 1. The van der Waals surface area contributed by atoms with Crippen molar-refractivity contribution >= 4 is 5.91 Å². The lowest BCUT2D eigenvalue weighted by Gasteiger charge is -2.16. The summed E-state index contributed by atoms with van der Waals surface area (Å²) in [6.07, 6.45) is 0. The molecule has 0 saturated heterocycles. The largest absolute Gasteiger partial charge is 0.492 e. The van der Waals surface area contributed by atoms with Gasteiger partial charge < -0.3 is 9.64 Å². The summed E-state index contributed by atoms with van der Waals surface area (Å²) in [6.45, 7) is 0.592. The van der Waals surface area contributed by atoms with Crippen LogP contribution >= 0.6 is 0 Å². The summed E-state index contributed by atoms with van der Waals surface area (Å²) in [5.41, 5.74) is -0.215. The molecule has 1 amide bonds. The summed E-state index contributed by atoms with van der Waals surface area (Å²) < 4.78 is 18.1. The molecular weight excluding hydrogens is 277 g/mol. The van der Waals surface area contributed by atoms with Crippen LogP contribution in [0.5, 0.6) is 5.75 Å². The second kappa shape index (κ2) is 6.65. The van der Waals surface area contributed by atoms with Crippen LogP contribution in [0.4, 0.5) is 4.39 Å². The van der Waals surface area contributed by atoms with Gasteiger partial charge in [0.2, 0.25) is 0 Å². The highest BCUT2D eigenvalue weighted by Crippen LogP contribution is 2.10. The fourth-order valence-corrected chi connectivity index (χ4v) is 1.59. The van der Waals surface area contributed by atoms with Gasteiger partial charge in [0.05, 0.1) is 6.54 Å². The predicted molar refractivity (Wildman–Crippen MR) is 73.7 cm³/mol. The maximum Gasteiger partial charge on any atom is 0.274 e. The molecule has 0 fully saturated rings. The summed E-state index contributed by atoms with van der Waals surface area (Å²) in [6, 6.07) is 8.23. The SMILES string of the molecule is CN(CCOc1ccc(F)cc1)C(=O)c1ccc(=O)[nH]n1. The molecule has 21 heavy (non-hydrogen) atoms. The molecule has 0 radical (unpaired) electrons. The normalized spacial score (nSPS) is 10.2. The summed E-state index contributed by atoms with van der Waals surface area (Å²) in [5.74, 6) is -0.132. The van der Waals surface area contributed by atoms with Crippen molar-refractivity contribution in [1.82, 2.24) is 15.1 Å². The first-order valence-electron chi connectivity index (χ1n) is 6.26. The Labute approximate surface area is 120 Å². The molecule has 2 aromatic rings. The number of aromatic nitrogens is 2. The molecule has 1 N–H and O–H groups in total. The second-order valence-corrected chi connectivity index (χ2v) is 4.34. The minimum atomic E-state index is -0.367. The number of carbonyl (C=O) groups is 1. The van der Waals surface area contributed by atoms with Crippen molar-refractivity contribution < 1.29 is 13.9 Å². The van der Waals surface area contributed by atoms with Gasteiger partial charge in [-0.3, -0.25) is 9.59 Å². The van der Waals surface area contributed by atoms with E-state index in [0.717, 1.165) is 0 Å². The average molecular weight is 291 g/mol. The van der Waals surface area contributed by atoms with E-state index in [1.54, 1.807) is 7.05 Å². The van der Waals surface area contributed by atoms with Crippen LogP contribution in [-0.2, 0) is 0 Å². The van der Waals surface area contributed by atoms with Crippen LogP contribution in [0.1, 0.15) is 10.5 Å². The standard InChI is InChI=1S/C14H14FN3O3/c1-18(14(20)12-6-7-13(19)17-16-12)8-9-21-11-4-2-10(15)3-5-11/h2-7H,8-9H2,1H3,(H,17,19). The molecule has 0 atom stereocenters. The van der Waals surface area contributed by atoms with Crippen LogP contribution in [0.2, 0.25) is 0 Å². The summed E-state index contributed by atoms with van der Waals surface area (Å²) >= 11 is 0. The van der Waals surface area contributed by atoms with Gasteiger partial charge in [0.1, 0.15) is 23.9 Å². The molecule has 0 aliphatic rings. The zero-order valence-electron chi connectivity index (χ0n) is 11.4. The van der Waals surface area contributed by atoms with E-state index in [9.17, 15) is 14.0 Å². The van der Waals surface area contributed by atoms with Gasteiger partial charge >= 0.3 is 0 Å². The Morgan fingerprint density at radius 2 is 2.00 bits per heavy atom. The summed E-state index contributed by atoms with van der Waals surface area (Å²) in [7, 11) is 1.60. The number of benzene rings is 1. The van der Waals surface area contributed by atoms with E-state index in [-0.39, 0.29) is 29.6 Å². The fourth-order valence-electron chi connectivity index (χ4n) is 1.59. The van der Waals surface area contributed by atoms with Crippen LogP contribution in [-0.4, -0.2) is 41.2 Å². The van der Waals surface area contributed by atoms with Gasteiger partial charge in [-0.15, -0.1) is 0 Å². The first kappa shape index (κ1) is 14.7. The smallest absolute Gasteiger partial charge is 0.274 e. The molecule has 0 unspecified atom stereocenters. The number of nitrogens with zero attached hydrogens (tertiary/aromatic N) is 2. The number of rotatable bonds is 5. The van der Waals surface area contributed by atoms with Crippen LogP contribution < -0.4 is 10.3 Å². The van der Waals surface area contributed by atoms with Crippen molar-refractivity contribution in [3.8, 4) is 5.75 Å². The Morgan fingerprint density at radius 3 is 2.62 bits per heavy atom. The third-order valence-electron chi connectivity index (χ3n) is 2.75. The number of ether oxygens (including phenoxy) is 1. The van der Waals surface area contributed by atoms with Crippen molar-refractivity contribution in [2.45, 2.75) is 0 Å². The minimum absolute atomic E-state index is 0.152. The van der Waals surface area contributed by atoms with Gasteiger partial charge in [0, 0.05) is 13.1 Å². The topological polar surface area (TPSA) is 75.3 Å². The van der Waals surface area contributed by atoms with Crippen molar-refractivity contribution in [3.63, 3.8) is 0 Å². The van der Waals surface area contributed by atoms with Crippen LogP contribution in [0.3, 0.4) is 0 Å². The Hall–Kier alpha value is -2.70. The van der Waals surface area contributed by atoms with Crippen LogP contribution in [0.15, 0.2) is 41.2 Å². The molecule has 1 heterocycles. The second-order valence-electron chi connectivity index (χ2n) is 4.34. The Bertz CT molecular complexity index is 649. The fraction of sp³-hybridized carbons (Fsp3) is 0.214. The van der Waals surface area contributed by atoms with E-state index < -0.39 is 0 Å². The third kappa shape index (κ3) is 4.13. The van der Waals surface area contributed by atoms with Crippen molar-refractivity contribution in [2.24, 2.45) is 0 Å². The Kier molecular flexibility index (Phi) is 4.65. The highest BCUT2D eigenvalue weighted by molar-refractivity contribution is 5.91. The first-order valence-corrected chi connectivity index (χ1v) is 6.26. The molecule has 7 heteroatoms. The van der Waals surface area contributed by atoms with Gasteiger partial charge in [0.25, 0.3) is 11.5 Å². The average Bonchev–Trinajstić information content (AvgIpc) is 2.49. The highest BCUT2D eigenvalue weighted by atomic mass is 19.1. The molecule has 6 nitrogen and oxygen atoms in total. The number of hydrogen-bond donors (Lipinski definition) is 1. The maximum atomic E-state index is 12.7. The maximum absolute atomic E-state index is 12.7. The van der Waals surface area contributed by atoms with Crippen molar-refractivity contribution in [1.29, 1.82) is 0 Å². The number of likely N-dealkylation sites (N-methyl/N-ethyl adjacent to an activating group) is 1. The zero-order chi connectivity index (χ0) is 15.2. The van der Waals surface area contributed by atoms with Crippen molar-refractivity contribution in [3.05, 3.63) is 58.3 Å². The Balaban J connectivity index is 1.85. The van der Waals surface area contributed by atoms with E-state index in [1.165, 1.54) is 41.3 Å². The number of H-pyrrole nitrogens is 1. The quantitative estimate of drug-likeness (QED) is 0.893.